The lowest BCUT2D eigenvalue weighted by atomic mass is 9.76. The molecule has 2 aromatic rings. The number of rotatable bonds is 5. The number of amides is 2. The molecule has 26 heavy (non-hydrogen) atoms. The van der Waals surface area contributed by atoms with E-state index in [4.69, 9.17) is 10.5 Å². The number of para-hydroxylation sites is 1. The Kier molecular flexibility index (Phi) is 5.55. The van der Waals surface area contributed by atoms with Gasteiger partial charge in [0.1, 0.15) is 5.75 Å². The summed E-state index contributed by atoms with van der Waals surface area (Å²) < 4.78 is 5.44. The van der Waals surface area contributed by atoms with Crippen LogP contribution < -0.4 is 15.4 Å². The molecular formula is C20H24N2O4. The van der Waals surface area contributed by atoms with Crippen molar-refractivity contribution in [2.24, 2.45) is 11.1 Å². The monoisotopic (exact) mass is 356 g/mol. The van der Waals surface area contributed by atoms with E-state index >= 15 is 0 Å². The van der Waals surface area contributed by atoms with Crippen LogP contribution in [0.5, 0.6) is 5.75 Å². The van der Waals surface area contributed by atoms with Gasteiger partial charge in [-0.1, -0.05) is 45.0 Å². The quantitative estimate of drug-likeness (QED) is 0.842. The largest absolute Gasteiger partial charge is 0.495 e. The molecule has 3 N–H and O–H groups in total. The number of urea groups is 1. The molecule has 0 radical (unpaired) electrons. The predicted molar refractivity (Wildman–Crippen MR) is 101 cm³/mol. The highest BCUT2D eigenvalue weighted by atomic mass is 16.5. The lowest BCUT2D eigenvalue weighted by Gasteiger charge is -2.29. The van der Waals surface area contributed by atoms with Gasteiger partial charge in [-0.2, -0.15) is 0 Å². The van der Waals surface area contributed by atoms with E-state index in [0.29, 0.717) is 22.7 Å². The Labute approximate surface area is 153 Å². The third-order valence-corrected chi connectivity index (χ3v) is 4.13. The van der Waals surface area contributed by atoms with Gasteiger partial charge in [0.2, 0.25) is 0 Å². The molecule has 0 bridgehead atoms. The molecule has 0 spiro atoms. The predicted octanol–water partition coefficient (Wildman–Crippen LogP) is 4.13. The normalized spacial score (nSPS) is 12.3. The number of carboxylic acids is 1. The number of aliphatic carboxylic acids is 1. The number of benzene rings is 2. The van der Waals surface area contributed by atoms with Crippen LogP contribution in [0.2, 0.25) is 0 Å². The van der Waals surface area contributed by atoms with Crippen molar-refractivity contribution in [2.75, 3.05) is 12.0 Å². The zero-order valence-electron chi connectivity index (χ0n) is 15.4. The van der Waals surface area contributed by atoms with Crippen molar-refractivity contribution in [1.29, 1.82) is 0 Å². The van der Waals surface area contributed by atoms with Crippen LogP contribution in [0.4, 0.5) is 16.2 Å². The molecule has 1 atom stereocenters. The summed E-state index contributed by atoms with van der Waals surface area (Å²) in [5.74, 6) is -1.26. The van der Waals surface area contributed by atoms with Gasteiger partial charge in [-0.05, 0) is 35.2 Å². The van der Waals surface area contributed by atoms with Crippen LogP contribution in [-0.4, -0.2) is 24.2 Å². The highest BCUT2D eigenvalue weighted by molar-refractivity contribution is 6.00. The van der Waals surface area contributed by atoms with E-state index < -0.39 is 23.3 Å². The fraction of sp³-hybridized carbons (Fsp3) is 0.300. The van der Waals surface area contributed by atoms with E-state index in [2.05, 4.69) is 0 Å². The number of hydrogen-bond donors (Lipinski definition) is 2. The molecule has 0 heterocycles. The SMILES string of the molecule is COc1cc(C(C(=O)O)C(C)(C)C)ccc1N(C(N)=O)c1ccccc1. The smallest absolute Gasteiger partial charge is 0.324 e. The fourth-order valence-electron chi connectivity index (χ4n) is 3.03. The molecule has 0 aliphatic carbocycles. The summed E-state index contributed by atoms with van der Waals surface area (Å²) >= 11 is 0. The van der Waals surface area contributed by atoms with E-state index in [9.17, 15) is 14.7 Å². The number of primary amides is 1. The Balaban J connectivity index is 2.58. The molecule has 0 saturated heterocycles. The molecule has 0 aliphatic heterocycles. The summed E-state index contributed by atoms with van der Waals surface area (Å²) in [6, 6.07) is 13.3. The molecule has 138 valence electrons. The first-order chi connectivity index (χ1) is 12.2. The van der Waals surface area contributed by atoms with Crippen LogP contribution in [0, 0.1) is 5.41 Å². The maximum Gasteiger partial charge on any atom is 0.324 e. The zero-order chi connectivity index (χ0) is 19.5. The number of carbonyl (C=O) groups excluding carboxylic acids is 1. The van der Waals surface area contributed by atoms with E-state index in [0.717, 1.165) is 0 Å². The minimum Gasteiger partial charge on any atom is -0.495 e. The summed E-state index contributed by atoms with van der Waals surface area (Å²) in [5.41, 5.74) is 6.74. The molecular weight excluding hydrogens is 332 g/mol. The van der Waals surface area contributed by atoms with Gasteiger partial charge >= 0.3 is 12.0 Å². The van der Waals surface area contributed by atoms with Crippen molar-refractivity contribution < 1.29 is 19.4 Å². The summed E-state index contributed by atoms with van der Waals surface area (Å²) in [7, 11) is 1.47. The second-order valence-corrected chi connectivity index (χ2v) is 7.08. The average Bonchev–Trinajstić information content (AvgIpc) is 2.55. The third-order valence-electron chi connectivity index (χ3n) is 4.13. The summed E-state index contributed by atoms with van der Waals surface area (Å²) in [4.78, 5) is 25.2. The number of nitrogens with zero attached hydrogens (tertiary/aromatic N) is 1. The first-order valence-corrected chi connectivity index (χ1v) is 8.22. The summed E-state index contributed by atoms with van der Waals surface area (Å²) in [5, 5.41) is 9.65. The highest BCUT2D eigenvalue weighted by Crippen LogP contribution is 2.40. The molecule has 2 rings (SSSR count). The molecule has 0 fully saturated rings. The summed E-state index contributed by atoms with van der Waals surface area (Å²) in [6.07, 6.45) is 0. The molecule has 6 heteroatoms. The van der Waals surface area contributed by atoms with Crippen molar-refractivity contribution in [3.8, 4) is 5.75 Å². The molecule has 0 aliphatic rings. The number of carbonyl (C=O) groups is 2. The summed E-state index contributed by atoms with van der Waals surface area (Å²) in [6.45, 7) is 5.60. The van der Waals surface area contributed by atoms with Crippen LogP contribution in [0.1, 0.15) is 32.3 Å². The van der Waals surface area contributed by atoms with Crippen LogP contribution in [0.25, 0.3) is 0 Å². The zero-order valence-corrected chi connectivity index (χ0v) is 15.4. The number of nitrogens with two attached hydrogens (primary N) is 1. The van der Waals surface area contributed by atoms with Crippen molar-refractivity contribution in [3.05, 3.63) is 54.1 Å². The van der Waals surface area contributed by atoms with E-state index in [1.807, 2.05) is 26.8 Å². The Morgan fingerprint density at radius 2 is 1.73 bits per heavy atom. The maximum absolute atomic E-state index is 12.1. The van der Waals surface area contributed by atoms with Crippen LogP contribution in [0.15, 0.2) is 48.5 Å². The number of carboxylic acid groups (broad SMARTS) is 1. The highest BCUT2D eigenvalue weighted by Gasteiger charge is 2.33. The van der Waals surface area contributed by atoms with Gasteiger partial charge in [0.05, 0.1) is 24.4 Å². The molecule has 6 nitrogen and oxygen atoms in total. The Morgan fingerprint density at radius 1 is 1.12 bits per heavy atom. The van der Waals surface area contributed by atoms with E-state index in [1.54, 1.807) is 42.5 Å². The van der Waals surface area contributed by atoms with Gasteiger partial charge in [0, 0.05) is 0 Å². The van der Waals surface area contributed by atoms with Crippen LogP contribution in [-0.2, 0) is 4.79 Å². The number of hydrogen-bond acceptors (Lipinski definition) is 3. The van der Waals surface area contributed by atoms with Gasteiger partial charge in [-0.15, -0.1) is 0 Å². The molecule has 0 aromatic heterocycles. The van der Waals surface area contributed by atoms with E-state index in [1.165, 1.54) is 12.0 Å². The first kappa shape index (κ1) is 19.3. The lowest BCUT2D eigenvalue weighted by molar-refractivity contribution is -0.141. The molecule has 2 amide bonds. The standard InChI is InChI=1S/C20H24N2O4/c1-20(2,3)17(18(23)24)13-10-11-15(16(12-13)26-4)22(19(21)25)14-8-6-5-7-9-14/h5-12,17H,1-4H3,(H2,21,25)(H,23,24). The molecule has 2 aromatic carbocycles. The van der Waals surface area contributed by atoms with Gasteiger partial charge in [-0.25, -0.2) is 4.79 Å². The lowest BCUT2D eigenvalue weighted by Crippen LogP contribution is -2.32. The van der Waals surface area contributed by atoms with Crippen molar-refractivity contribution in [1.82, 2.24) is 0 Å². The Bertz CT molecular complexity index is 797. The minimum absolute atomic E-state index is 0.376. The molecule has 0 saturated carbocycles. The Morgan fingerprint density at radius 3 is 2.19 bits per heavy atom. The second kappa shape index (κ2) is 7.47. The van der Waals surface area contributed by atoms with Gasteiger partial charge in [-0.3, -0.25) is 9.69 Å². The molecule has 1 unspecified atom stereocenters. The first-order valence-electron chi connectivity index (χ1n) is 8.22. The van der Waals surface area contributed by atoms with E-state index in [-0.39, 0.29) is 0 Å². The minimum atomic E-state index is -0.915. The van der Waals surface area contributed by atoms with Crippen molar-refractivity contribution in [3.63, 3.8) is 0 Å². The van der Waals surface area contributed by atoms with Crippen molar-refractivity contribution in [2.45, 2.75) is 26.7 Å². The second-order valence-electron chi connectivity index (χ2n) is 7.08. The van der Waals surface area contributed by atoms with Gasteiger partial charge in [0.15, 0.2) is 0 Å². The van der Waals surface area contributed by atoms with Gasteiger partial charge in [0.25, 0.3) is 0 Å². The number of ether oxygens (including phenoxy) is 1. The third kappa shape index (κ3) is 3.96. The number of methoxy groups -OCH3 is 1. The number of anilines is 2. The fourth-order valence-corrected chi connectivity index (χ4v) is 3.03. The van der Waals surface area contributed by atoms with Gasteiger partial charge < -0.3 is 15.6 Å². The Hall–Kier alpha value is -3.02. The topological polar surface area (TPSA) is 92.9 Å². The maximum atomic E-state index is 12.1. The average molecular weight is 356 g/mol. The van der Waals surface area contributed by atoms with Crippen LogP contribution >= 0.6 is 0 Å². The van der Waals surface area contributed by atoms with Crippen molar-refractivity contribution >= 4 is 23.4 Å². The van der Waals surface area contributed by atoms with Crippen LogP contribution in [0.3, 0.4) is 0 Å².